The fraction of sp³-hybridized carbons (Fsp3) is 0.143. The molecule has 3 aromatic rings. The average Bonchev–Trinajstić information content (AvgIpc) is 2.73. The van der Waals surface area contributed by atoms with Crippen LogP contribution in [0, 0.1) is 11.3 Å². The summed E-state index contributed by atoms with van der Waals surface area (Å²) in [6, 6.07) is 20.7. The molecule has 0 bridgehead atoms. The van der Waals surface area contributed by atoms with E-state index in [4.69, 9.17) is 0 Å². The number of fused-ring (bicyclic) bond motifs is 1. The van der Waals surface area contributed by atoms with Gasteiger partial charge in [-0.25, -0.2) is 4.98 Å². The van der Waals surface area contributed by atoms with E-state index in [9.17, 15) is 14.9 Å². The van der Waals surface area contributed by atoms with Crippen LogP contribution in [0.3, 0.4) is 0 Å². The van der Waals surface area contributed by atoms with Gasteiger partial charge in [-0.3, -0.25) is 14.9 Å². The van der Waals surface area contributed by atoms with Crippen LogP contribution in [-0.2, 0) is 0 Å². The predicted octanol–water partition coefficient (Wildman–Crippen LogP) is 2.33. The molecule has 1 heterocycles. The summed E-state index contributed by atoms with van der Waals surface area (Å²) in [7, 11) is 0. The molecule has 0 aliphatic heterocycles. The van der Waals surface area contributed by atoms with Gasteiger partial charge in [-0.1, -0.05) is 42.5 Å². The molecule has 1 unspecified atom stereocenters. The van der Waals surface area contributed by atoms with Crippen molar-refractivity contribution in [1.82, 2.24) is 15.6 Å². The summed E-state index contributed by atoms with van der Waals surface area (Å²) in [5, 5.41) is 15.8. The van der Waals surface area contributed by atoms with Crippen molar-refractivity contribution in [1.29, 1.82) is 5.26 Å². The Morgan fingerprint density at radius 2 is 1.70 bits per heavy atom. The number of rotatable bonds is 7. The van der Waals surface area contributed by atoms with E-state index in [1.165, 1.54) is 0 Å². The summed E-state index contributed by atoms with van der Waals surface area (Å²) >= 11 is 0. The highest BCUT2D eigenvalue weighted by atomic mass is 16.1. The maximum Gasteiger partial charge on any atom is 0.251 e. The minimum Gasteiger partial charge on any atom is -0.351 e. The lowest BCUT2D eigenvalue weighted by atomic mass is 10.1. The monoisotopic (exact) mass is 358 g/mol. The van der Waals surface area contributed by atoms with Crippen LogP contribution in [0.4, 0.5) is 0 Å². The molecular weight excluding hydrogens is 340 g/mol. The molecule has 134 valence electrons. The predicted molar refractivity (Wildman–Crippen MR) is 102 cm³/mol. The lowest BCUT2D eigenvalue weighted by molar-refractivity contribution is 0.0953. The topological polar surface area (TPSA) is 94.9 Å². The number of nitrogens with zero attached hydrogens (tertiary/aromatic N) is 2. The summed E-state index contributed by atoms with van der Waals surface area (Å²) in [4.78, 5) is 28.8. The highest BCUT2D eigenvalue weighted by molar-refractivity contribution is 6.01. The third kappa shape index (κ3) is 4.54. The van der Waals surface area contributed by atoms with E-state index in [2.05, 4.69) is 15.6 Å². The van der Waals surface area contributed by atoms with Crippen LogP contribution in [0.1, 0.15) is 20.8 Å². The summed E-state index contributed by atoms with van der Waals surface area (Å²) < 4.78 is 0. The average molecular weight is 358 g/mol. The van der Waals surface area contributed by atoms with Crippen molar-refractivity contribution in [3.63, 3.8) is 0 Å². The highest BCUT2D eigenvalue weighted by Gasteiger charge is 2.20. The molecular formula is C21H18N4O2. The summed E-state index contributed by atoms with van der Waals surface area (Å²) in [5.41, 5.74) is 1.50. The van der Waals surface area contributed by atoms with E-state index in [1.54, 1.807) is 30.3 Å². The Morgan fingerprint density at radius 3 is 2.48 bits per heavy atom. The zero-order valence-electron chi connectivity index (χ0n) is 14.6. The summed E-state index contributed by atoms with van der Waals surface area (Å²) in [5.74, 6) is -0.592. The molecule has 1 aromatic heterocycles. The number of ketones is 1. The van der Waals surface area contributed by atoms with E-state index in [0.717, 1.165) is 5.39 Å². The van der Waals surface area contributed by atoms with Crippen molar-refractivity contribution >= 4 is 22.6 Å². The van der Waals surface area contributed by atoms with Gasteiger partial charge in [0.25, 0.3) is 5.91 Å². The number of Topliss-reactive ketones (excluding diaryl/α,β-unsaturated/α-hetero) is 1. The first kappa shape index (κ1) is 18.2. The standard InChI is InChI=1S/C21H18N4O2/c22-14-19(23-12-13-24-21(27)16-7-2-1-3-8-16)20(26)18-11-10-15-6-4-5-9-17(15)25-18/h1-11,19,23H,12-13H2,(H,24,27). The number of nitrogens with one attached hydrogen (secondary N) is 2. The molecule has 2 N–H and O–H groups in total. The third-order valence-electron chi connectivity index (χ3n) is 4.04. The fourth-order valence-electron chi connectivity index (χ4n) is 2.63. The van der Waals surface area contributed by atoms with E-state index in [1.807, 2.05) is 42.5 Å². The van der Waals surface area contributed by atoms with Crippen molar-refractivity contribution in [3.8, 4) is 6.07 Å². The largest absolute Gasteiger partial charge is 0.351 e. The van der Waals surface area contributed by atoms with Gasteiger partial charge in [-0.15, -0.1) is 0 Å². The van der Waals surface area contributed by atoms with Gasteiger partial charge in [-0.2, -0.15) is 5.26 Å². The number of benzene rings is 2. The molecule has 0 spiro atoms. The lowest BCUT2D eigenvalue weighted by Crippen LogP contribution is -2.40. The zero-order valence-corrected chi connectivity index (χ0v) is 14.6. The Morgan fingerprint density at radius 1 is 0.963 bits per heavy atom. The molecule has 6 heteroatoms. The van der Waals surface area contributed by atoms with Gasteiger partial charge < -0.3 is 5.32 Å². The maximum absolute atomic E-state index is 12.5. The van der Waals surface area contributed by atoms with Crippen molar-refractivity contribution in [2.24, 2.45) is 0 Å². The van der Waals surface area contributed by atoms with Crippen LogP contribution >= 0.6 is 0 Å². The Balaban J connectivity index is 1.55. The van der Waals surface area contributed by atoms with Gasteiger partial charge in [0.15, 0.2) is 6.04 Å². The molecule has 0 aliphatic carbocycles. The molecule has 0 saturated heterocycles. The Labute approximate surface area is 156 Å². The lowest BCUT2D eigenvalue weighted by Gasteiger charge is -2.11. The van der Waals surface area contributed by atoms with E-state index in [-0.39, 0.29) is 18.1 Å². The van der Waals surface area contributed by atoms with Gasteiger partial charge in [0.05, 0.1) is 11.6 Å². The number of hydrogen-bond acceptors (Lipinski definition) is 5. The molecule has 27 heavy (non-hydrogen) atoms. The number of amides is 1. The van der Waals surface area contributed by atoms with Crippen LogP contribution in [0.5, 0.6) is 0 Å². The number of pyridine rings is 1. The molecule has 1 atom stereocenters. The molecule has 0 radical (unpaired) electrons. The Hall–Kier alpha value is -3.56. The van der Waals surface area contributed by atoms with Crippen LogP contribution in [0.2, 0.25) is 0 Å². The van der Waals surface area contributed by atoms with Crippen molar-refractivity contribution < 1.29 is 9.59 Å². The minimum absolute atomic E-state index is 0.201. The highest BCUT2D eigenvalue weighted by Crippen LogP contribution is 2.12. The smallest absolute Gasteiger partial charge is 0.251 e. The van der Waals surface area contributed by atoms with Crippen molar-refractivity contribution in [2.45, 2.75) is 6.04 Å². The molecule has 0 saturated carbocycles. The molecule has 6 nitrogen and oxygen atoms in total. The second kappa shape index (κ2) is 8.70. The maximum atomic E-state index is 12.5. The van der Waals surface area contributed by atoms with E-state index < -0.39 is 11.8 Å². The Bertz CT molecular complexity index is 996. The molecule has 1 amide bonds. The number of carbonyl (C=O) groups is 2. The fourth-order valence-corrected chi connectivity index (χ4v) is 2.63. The van der Waals surface area contributed by atoms with Gasteiger partial charge >= 0.3 is 0 Å². The summed E-state index contributed by atoms with van der Waals surface area (Å²) in [6.07, 6.45) is 0. The normalized spacial score (nSPS) is 11.5. The van der Waals surface area contributed by atoms with Gasteiger partial charge in [-0.05, 0) is 24.3 Å². The first-order valence-electron chi connectivity index (χ1n) is 8.55. The van der Waals surface area contributed by atoms with Crippen LogP contribution in [-0.4, -0.2) is 35.8 Å². The van der Waals surface area contributed by atoms with Gasteiger partial charge in [0.1, 0.15) is 5.69 Å². The number of nitriles is 1. The number of para-hydroxylation sites is 1. The van der Waals surface area contributed by atoms with Crippen molar-refractivity contribution in [2.75, 3.05) is 13.1 Å². The third-order valence-corrected chi connectivity index (χ3v) is 4.04. The second-order valence-corrected chi connectivity index (χ2v) is 5.89. The van der Waals surface area contributed by atoms with Crippen LogP contribution in [0.25, 0.3) is 10.9 Å². The first-order valence-corrected chi connectivity index (χ1v) is 8.55. The molecule has 0 aliphatic rings. The first-order chi connectivity index (χ1) is 13.2. The molecule has 2 aromatic carbocycles. The number of carbonyl (C=O) groups excluding carboxylic acids is 2. The van der Waals surface area contributed by atoms with Crippen LogP contribution < -0.4 is 10.6 Å². The molecule has 3 rings (SSSR count). The van der Waals surface area contributed by atoms with E-state index >= 15 is 0 Å². The molecule has 0 fully saturated rings. The van der Waals surface area contributed by atoms with Crippen LogP contribution in [0.15, 0.2) is 66.7 Å². The minimum atomic E-state index is -1.02. The van der Waals surface area contributed by atoms with Crippen molar-refractivity contribution in [3.05, 3.63) is 78.0 Å². The van der Waals surface area contributed by atoms with E-state index in [0.29, 0.717) is 17.6 Å². The number of hydrogen-bond donors (Lipinski definition) is 2. The number of aromatic nitrogens is 1. The van der Waals surface area contributed by atoms with Gasteiger partial charge in [0, 0.05) is 24.0 Å². The Kier molecular flexibility index (Phi) is 5.87. The quantitative estimate of drug-likeness (QED) is 0.499. The SMILES string of the molecule is N#CC(NCCNC(=O)c1ccccc1)C(=O)c1ccc2ccccc2n1. The second-order valence-electron chi connectivity index (χ2n) is 5.89. The summed E-state index contributed by atoms with van der Waals surface area (Å²) in [6.45, 7) is 0.584. The zero-order chi connectivity index (χ0) is 19.1. The van der Waals surface area contributed by atoms with Gasteiger partial charge in [0.2, 0.25) is 5.78 Å².